The van der Waals surface area contributed by atoms with Crippen molar-refractivity contribution in [2.24, 2.45) is 0 Å². The van der Waals surface area contributed by atoms with E-state index >= 15 is 0 Å². The van der Waals surface area contributed by atoms with Crippen LogP contribution >= 0.6 is 11.6 Å². The van der Waals surface area contributed by atoms with Crippen molar-refractivity contribution in [1.82, 2.24) is 9.78 Å². The van der Waals surface area contributed by atoms with E-state index in [2.05, 4.69) is 9.84 Å². The molecule has 0 amide bonds. The molecular formula is C6H7ClN2O2. The first-order valence-corrected chi connectivity index (χ1v) is 3.61. The number of ether oxygens (including phenoxy) is 1. The van der Waals surface area contributed by atoms with Crippen LogP contribution in [0.1, 0.15) is 0 Å². The third-order valence-corrected chi connectivity index (χ3v) is 1.15. The lowest BCUT2D eigenvalue weighted by molar-refractivity contribution is 0.151. The van der Waals surface area contributed by atoms with Gasteiger partial charge in [-0.1, -0.05) is 0 Å². The Kier molecular flexibility index (Phi) is 2.92. The van der Waals surface area contributed by atoms with E-state index in [1.54, 1.807) is 6.07 Å². The van der Waals surface area contributed by atoms with Gasteiger partial charge in [-0.2, -0.15) is 9.78 Å². The molecule has 0 spiro atoms. The maximum atomic E-state index is 10.9. The summed E-state index contributed by atoms with van der Waals surface area (Å²) in [6.07, 6.45) is 2.51. The summed E-state index contributed by atoms with van der Waals surface area (Å²) in [7, 11) is 0. The highest BCUT2D eigenvalue weighted by atomic mass is 35.5. The first-order chi connectivity index (χ1) is 5.34. The number of rotatable bonds is 2. The number of hydrogen-bond acceptors (Lipinski definition) is 3. The van der Waals surface area contributed by atoms with Crippen LogP contribution in [0.15, 0.2) is 18.5 Å². The summed E-state index contributed by atoms with van der Waals surface area (Å²) < 4.78 is 5.77. The first kappa shape index (κ1) is 8.07. The van der Waals surface area contributed by atoms with Gasteiger partial charge in [-0.05, 0) is 6.07 Å². The summed E-state index contributed by atoms with van der Waals surface area (Å²) in [6.45, 7) is 0.209. The molecule has 0 saturated heterocycles. The van der Waals surface area contributed by atoms with Gasteiger partial charge in [-0.15, -0.1) is 11.6 Å². The van der Waals surface area contributed by atoms with Gasteiger partial charge in [0.05, 0.1) is 5.88 Å². The van der Waals surface area contributed by atoms with Gasteiger partial charge < -0.3 is 4.74 Å². The van der Waals surface area contributed by atoms with Crippen molar-refractivity contribution in [3.05, 3.63) is 18.5 Å². The molecule has 1 aromatic rings. The molecule has 0 aromatic carbocycles. The quantitative estimate of drug-likeness (QED) is 0.631. The van der Waals surface area contributed by atoms with Crippen LogP contribution in [0.25, 0.3) is 0 Å². The Morgan fingerprint density at radius 2 is 2.55 bits per heavy atom. The molecule has 60 valence electrons. The molecule has 0 aliphatic rings. The summed E-state index contributed by atoms with van der Waals surface area (Å²) in [6, 6.07) is 1.64. The van der Waals surface area contributed by atoms with Gasteiger partial charge in [0, 0.05) is 12.4 Å². The topological polar surface area (TPSA) is 44.1 Å². The Balaban J connectivity index is 2.43. The number of aromatic nitrogens is 2. The Labute approximate surface area is 68.7 Å². The largest absolute Gasteiger partial charge is 0.447 e. The van der Waals surface area contributed by atoms with Crippen LogP contribution in [0, 0.1) is 0 Å². The predicted octanol–water partition coefficient (Wildman–Crippen LogP) is 1.11. The van der Waals surface area contributed by atoms with Gasteiger partial charge in [0.15, 0.2) is 0 Å². The second-order valence-corrected chi connectivity index (χ2v) is 2.13. The molecule has 0 saturated carbocycles. The Bertz CT molecular complexity index is 222. The average molecular weight is 175 g/mol. The van der Waals surface area contributed by atoms with Crippen LogP contribution in [0.2, 0.25) is 0 Å². The number of nitrogens with zero attached hydrogens (tertiary/aromatic N) is 2. The van der Waals surface area contributed by atoms with Crippen LogP contribution in [0.3, 0.4) is 0 Å². The van der Waals surface area contributed by atoms with Gasteiger partial charge in [0.1, 0.15) is 6.61 Å². The number of hydrogen-bond donors (Lipinski definition) is 0. The summed E-state index contributed by atoms with van der Waals surface area (Å²) in [5, 5.41) is 3.67. The first-order valence-electron chi connectivity index (χ1n) is 3.07. The average Bonchev–Trinajstić information content (AvgIpc) is 2.52. The second-order valence-electron chi connectivity index (χ2n) is 1.75. The highest BCUT2D eigenvalue weighted by Gasteiger charge is 2.02. The fourth-order valence-corrected chi connectivity index (χ4v) is 0.646. The standard InChI is InChI=1S/C6H7ClN2O2/c7-2-5-11-6(10)9-4-1-3-8-9/h1,3-4H,2,5H2. The minimum absolute atomic E-state index is 0.209. The molecule has 0 atom stereocenters. The van der Waals surface area contributed by atoms with Crippen LogP contribution in [0.5, 0.6) is 0 Å². The maximum absolute atomic E-state index is 10.9. The molecule has 1 heterocycles. The van der Waals surface area contributed by atoms with Gasteiger partial charge in [-0.25, -0.2) is 4.79 Å². The fraction of sp³-hybridized carbons (Fsp3) is 0.333. The lowest BCUT2D eigenvalue weighted by atomic mass is 10.7. The summed E-state index contributed by atoms with van der Waals surface area (Å²) in [5.41, 5.74) is 0. The van der Waals surface area contributed by atoms with E-state index in [0.29, 0.717) is 5.88 Å². The van der Waals surface area contributed by atoms with E-state index in [0.717, 1.165) is 4.68 Å². The molecule has 1 aromatic heterocycles. The van der Waals surface area contributed by atoms with Crippen LogP contribution < -0.4 is 0 Å². The molecule has 0 bridgehead atoms. The highest BCUT2D eigenvalue weighted by molar-refractivity contribution is 6.18. The summed E-state index contributed by atoms with van der Waals surface area (Å²) >= 11 is 5.30. The smallest absolute Gasteiger partial charge is 0.434 e. The number of carbonyl (C=O) groups excluding carboxylic acids is 1. The van der Waals surface area contributed by atoms with E-state index in [4.69, 9.17) is 11.6 Å². The maximum Gasteiger partial charge on any atom is 0.434 e. The van der Waals surface area contributed by atoms with E-state index in [1.165, 1.54) is 12.4 Å². The molecule has 4 nitrogen and oxygen atoms in total. The van der Waals surface area contributed by atoms with Gasteiger partial charge >= 0.3 is 6.09 Å². The zero-order valence-corrected chi connectivity index (χ0v) is 6.49. The van der Waals surface area contributed by atoms with Crippen molar-refractivity contribution in [3.63, 3.8) is 0 Å². The van der Waals surface area contributed by atoms with Crippen molar-refractivity contribution < 1.29 is 9.53 Å². The molecule has 0 fully saturated rings. The third kappa shape index (κ3) is 2.23. The molecule has 11 heavy (non-hydrogen) atoms. The molecular weight excluding hydrogens is 168 g/mol. The summed E-state index contributed by atoms with van der Waals surface area (Å²) in [4.78, 5) is 10.9. The molecule has 5 heteroatoms. The zero-order valence-electron chi connectivity index (χ0n) is 5.74. The number of carbonyl (C=O) groups is 1. The minimum Gasteiger partial charge on any atom is -0.447 e. The fourth-order valence-electron chi connectivity index (χ4n) is 0.569. The predicted molar refractivity (Wildman–Crippen MR) is 39.7 cm³/mol. The summed E-state index contributed by atoms with van der Waals surface area (Å²) in [5.74, 6) is 0.299. The van der Waals surface area contributed by atoms with Crippen molar-refractivity contribution in [2.45, 2.75) is 0 Å². The molecule has 0 unspecified atom stereocenters. The monoisotopic (exact) mass is 174 g/mol. The van der Waals surface area contributed by atoms with Crippen molar-refractivity contribution in [2.75, 3.05) is 12.5 Å². The Hall–Kier alpha value is -1.03. The normalized spacial score (nSPS) is 9.55. The van der Waals surface area contributed by atoms with Gasteiger partial charge in [0.25, 0.3) is 0 Å². The van der Waals surface area contributed by atoms with E-state index in [1.807, 2.05) is 0 Å². The Morgan fingerprint density at radius 3 is 3.09 bits per heavy atom. The van der Waals surface area contributed by atoms with Crippen molar-refractivity contribution >= 4 is 17.7 Å². The molecule has 1 rings (SSSR count). The lowest BCUT2D eigenvalue weighted by Gasteiger charge is -1.99. The molecule has 0 aliphatic carbocycles. The van der Waals surface area contributed by atoms with E-state index in [-0.39, 0.29) is 6.61 Å². The highest BCUT2D eigenvalue weighted by Crippen LogP contribution is 1.88. The van der Waals surface area contributed by atoms with Crippen LogP contribution in [-0.2, 0) is 4.74 Å². The lowest BCUT2D eigenvalue weighted by Crippen LogP contribution is -2.15. The second kappa shape index (κ2) is 3.98. The van der Waals surface area contributed by atoms with Gasteiger partial charge in [0.2, 0.25) is 0 Å². The van der Waals surface area contributed by atoms with Crippen LogP contribution in [0.4, 0.5) is 4.79 Å². The Morgan fingerprint density at radius 1 is 1.73 bits per heavy atom. The van der Waals surface area contributed by atoms with Crippen LogP contribution in [-0.4, -0.2) is 28.4 Å². The van der Waals surface area contributed by atoms with Crippen molar-refractivity contribution in [3.8, 4) is 0 Å². The zero-order chi connectivity index (χ0) is 8.10. The molecule has 0 radical (unpaired) electrons. The van der Waals surface area contributed by atoms with Crippen molar-refractivity contribution in [1.29, 1.82) is 0 Å². The van der Waals surface area contributed by atoms with E-state index < -0.39 is 6.09 Å². The van der Waals surface area contributed by atoms with Gasteiger partial charge in [-0.3, -0.25) is 0 Å². The van der Waals surface area contributed by atoms with E-state index in [9.17, 15) is 4.79 Å². The SMILES string of the molecule is O=C(OCCCl)n1cccn1. The number of halogens is 1. The number of alkyl halides is 1. The third-order valence-electron chi connectivity index (χ3n) is 0.994. The minimum atomic E-state index is -0.504. The molecule has 0 aliphatic heterocycles. The molecule has 0 N–H and O–H groups in total.